The maximum absolute atomic E-state index is 12.7. The number of hydrazone groups is 1. The number of fused-ring (bicyclic) bond motifs is 5. The Labute approximate surface area is 177 Å². The molecule has 2 bridgehead atoms. The lowest BCUT2D eigenvalue weighted by atomic mass is 9.85. The molecule has 1 heterocycles. The van der Waals surface area contributed by atoms with Crippen LogP contribution in [0.4, 0.5) is 0 Å². The van der Waals surface area contributed by atoms with Crippen LogP contribution in [0, 0.1) is 39.6 Å². The number of ether oxygens (including phenoxy) is 2. The fourth-order valence-corrected chi connectivity index (χ4v) is 5.09. The summed E-state index contributed by atoms with van der Waals surface area (Å²) in [6.45, 7) is 2.48. The van der Waals surface area contributed by atoms with Crippen molar-refractivity contribution in [1.82, 2.24) is 5.01 Å². The third-order valence-corrected chi connectivity index (χ3v) is 6.20. The SMILES string of the molecule is C#CCOc1c(I)cc(C=NN2C(=O)[C@@H]3[C@H](C2=O)[C@H]2C=C[C@H]3C2)cc1OCC. The molecular weight excluding hydrogens is 471 g/mol. The maximum atomic E-state index is 12.7. The summed E-state index contributed by atoms with van der Waals surface area (Å²) >= 11 is 2.13. The Kier molecular flexibility index (Phi) is 5.15. The molecule has 1 aliphatic heterocycles. The van der Waals surface area contributed by atoms with E-state index in [4.69, 9.17) is 15.9 Å². The Bertz CT molecular complexity index is 903. The lowest BCUT2D eigenvalue weighted by Gasteiger charge is -2.14. The molecule has 144 valence electrons. The van der Waals surface area contributed by atoms with Gasteiger partial charge in [0.15, 0.2) is 11.5 Å². The minimum Gasteiger partial charge on any atom is -0.490 e. The summed E-state index contributed by atoms with van der Waals surface area (Å²) in [5.74, 6) is 3.00. The van der Waals surface area contributed by atoms with E-state index < -0.39 is 0 Å². The van der Waals surface area contributed by atoms with Crippen molar-refractivity contribution >= 4 is 40.6 Å². The van der Waals surface area contributed by atoms with Crippen molar-refractivity contribution in [2.75, 3.05) is 13.2 Å². The van der Waals surface area contributed by atoms with E-state index in [1.54, 1.807) is 6.07 Å². The Hall–Kier alpha value is -2.34. The van der Waals surface area contributed by atoms with Gasteiger partial charge in [-0.25, -0.2) is 0 Å². The Morgan fingerprint density at radius 3 is 2.54 bits per heavy atom. The van der Waals surface area contributed by atoms with Gasteiger partial charge in [-0.1, -0.05) is 18.1 Å². The first-order valence-electron chi connectivity index (χ1n) is 9.17. The largest absolute Gasteiger partial charge is 0.490 e. The van der Waals surface area contributed by atoms with Gasteiger partial charge < -0.3 is 9.47 Å². The highest BCUT2D eigenvalue weighted by molar-refractivity contribution is 14.1. The number of allylic oxidation sites excluding steroid dienone is 2. The summed E-state index contributed by atoms with van der Waals surface area (Å²) in [5.41, 5.74) is 0.708. The summed E-state index contributed by atoms with van der Waals surface area (Å²) in [7, 11) is 0. The molecule has 0 aromatic heterocycles. The van der Waals surface area contributed by atoms with Crippen LogP contribution >= 0.6 is 22.6 Å². The highest BCUT2D eigenvalue weighted by atomic mass is 127. The van der Waals surface area contributed by atoms with Gasteiger partial charge in [0, 0.05) is 0 Å². The van der Waals surface area contributed by atoms with Gasteiger partial charge in [0.25, 0.3) is 11.8 Å². The average molecular weight is 490 g/mol. The molecular formula is C21H19IN2O4. The lowest BCUT2D eigenvalue weighted by Crippen LogP contribution is -2.28. The van der Waals surface area contributed by atoms with Crippen molar-refractivity contribution < 1.29 is 19.1 Å². The molecule has 3 aliphatic rings. The van der Waals surface area contributed by atoms with Crippen LogP contribution in [0.5, 0.6) is 11.5 Å². The topological polar surface area (TPSA) is 68.2 Å². The van der Waals surface area contributed by atoms with E-state index >= 15 is 0 Å². The number of rotatable bonds is 6. The van der Waals surface area contributed by atoms with Gasteiger partial charge in [0.1, 0.15) is 6.61 Å². The van der Waals surface area contributed by atoms with Crippen LogP contribution < -0.4 is 9.47 Å². The van der Waals surface area contributed by atoms with Gasteiger partial charge in [0.05, 0.1) is 28.2 Å². The third-order valence-electron chi connectivity index (χ3n) is 5.40. The van der Waals surface area contributed by atoms with E-state index in [1.165, 1.54) is 6.21 Å². The number of carbonyl (C=O) groups is 2. The summed E-state index contributed by atoms with van der Waals surface area (Å²) in [6, 6.07) is 3.60. The number of terminal acetylenes is 1. The number of benzene rings is 1. The quantitative estimate of drug-likeness (QED) is 0.202. The average Bonchev–Trinajstić information content (AvgIpc) is 3.34. The lowest BCUT2D eigenvalue weighted by molar-refractivity contribution is -0.140. The maximum Gasteiger partial charge on any atom is 0.254 e. The Morgan fingerprint density at radius 2 is 1.93 bits per heavy atom. The molecule has 1 aromatic carbocycles. The smallest absolute Gasteiger partial charge is 0.254 e. The number of carbonyl (C=O) groups excluding carboxylic acids is 2. The predicted molar refractivity (Wildman–Crippen MR) is 112 cm³/mol. The van der Waals surface area contributed by atoms with Gasteiger partial charge >= 0.3 is 0 Å². The van der Waals surface area contributed by atoms with Crippen molar-refractivity contribution in [2.24, 2.45) is 28.8 Å². The second kappa shape index (κ2) is 7.59. The van der Waals surface area contributed by atoms with Crippen LogP contribution in [0.15, 0.2) is 29.4 Å². The van der Waals surface area contributed by atoms with Crippen molar-refractivity contribution in [3.8, 4) is 23.8 Å². The van der Waals surface area contributed by atoms with E-state index in [1.807, 2.05) is 13.0 Å². The van der Waals surface area contributed by atoms with E-state index in [-0.39, 0.29) is 42.1 Å². The molecule has 28 heavy (non-hydrogen) atoms. The number of hydrogen-bond donors (Lipinski definition) is 0. The van der Waals surface area contributed by atoms with Gasteiger partial charge in [-0.2, -0.15) is 10.1 Å². The molecule has 0 spiro atoms. The zero-order valence-electron chi connectivity index (χ0n) is 15.3. The van der Waals surface area contributed by atoms with Crippen LogP contribution in [0.2, 0.25) is 0 Å². The van der Waals surface area contributed by atoms with Crippen molar-refractivity contribution in [3.05, 3.63) is 33.4 Å². The van der Waals surface area contributed by atoms with Crippen molar-refractivity contribution in [3.63, 3.8) is 0 Å². The molecule has 1 aromatic rings. The standard InChI is InChI=1S/C21H19IN2O4/c1-3-7-28-19-15(22)8-12(9-16(19)27-4-2)11-23-24-20(25)17-13-5-6-14(10-13)18(17)21(24)26/h1,5-6,8-9,11,13-14,17-18H,4,7,10H2,2H3/t13-,14-,17-,18+/m0/s1. The third kappa shape index (κ3) is 3.09. The Balaban J connectivity index is 1.57. The van der Waals surface area contributed by atoms with Crippen LogP contribution in [-0.2, 0) is 9.59 Å². The molecule has 0 N–H and O–H groups in total. The van der Waals surface area contributed by atoms with Gasteiger partial charge in [0.2, 0.25) is 0 Å². The summed E-state index contributed by atoms with van der Waals surface area (Å²) < 4.78 is 12.0. The first-order chi connectivity index (χ1) is 13.5. The molecule has 4 atom stereocenters. The second-order valence-corrected chi connectivity index (χ2v) is 8.15. The normalized spacial score (nSPS) is 27.5. The van der Waals surface area contributed by atoms with Crippen LogP contribution in [0.1, 0.15) is 18.9 Å². The molecule has 0 radical (unpaired) electrons. The molecule has 2 amide bonds. The van der Waals surface area contributed by atoms with E-state index in [2.05, 4.69) is 45.8 Å². The van der Waals surface area contributed by atoms with E-state index in [9.17, 15) is 9.59 Å². The first kappa shape index (κ1) is 19.0. The van der Waals surface area contributed by atoms with Crippen LogP contribution in [0.3, 0.4) is 0 Å². The van der Waals surface area contributed by atoms with Gasteiger partial charge in [-0.15, -0.1) is 6.42 Å². The minimum atomic E-state index is -0.252. The van der Waals surface area contributed by atoms with Crippen LogP contribution in [-0.4, -0.2) is 36.3 Å². The number of halogens is 1. The van der Waals surface area contributed by atoms with E-state index in [0.29, 0.717) is 23.7 Å². The Morgan fingerprint density at radius 1 is 1.25 bits per heavy atom. The monoisotopic (exact) mass is 490 g/mol. The van der Waals surface area contributed by atoms with E-state index in [0.717, 1.165) is 15.0 Å². The van der Waals surface area contributed by atoms with Gasteiger partial charge in [-0.3, -0.25) is 9.59 Å². The summed E-state index contributed by atoms with van der Waals surface area (Å²) in [6.07, 6.45) is 11.8. The fourth-order valence-electron chi connectivity index (χ4n) is 4.30. The predicted octanol–water partition coefficient (Wildman–Crippen LogP) is 2.84. The first-order valence-corrected chi connectivity index (χ1v) is 10.3. The molecule has 4 rings (SSSR count). The van der Waals surface area contributed by atoms with Gasteiger partial charge in [-0.05, 0) is 65.5 Å². The second-order valence-electron chi connectivity index (χ2n) is 6.99. The number of imide groups is 1. The molecule has 0 unspecified atom stereocenters. The molecule has 2 aliphatic carbocycles. The van der Waals surface area contributed by atoms with Crippen molar-refractivity contribution in [2.45, 2.75) is 13.3 Å². The number of hydrogen-bond acceptors (Lipinski definition) is 5. The minimum absolute atomic E-state index is 0.138. The molecule has 2 fully saturated rings. The molecule has 1 saturated carbocycles. The highest BCUT2D eigenvalue weighted by Gasteiger charge is 2.59. The highest BCUT2D eigenvalue weighted by Crippen LogP contribution is 2.52. The van der Waals surface area contributed by atoms with Crippen molar-refractivity contribution in [1.29, 1.82) is 0 Å². The fraction of sp³-hybridized carbons (Fsp3) is 0.381. The summed E-state index contributed by atoms with van der Waals surface area (Å²) in [5, 5.41) is 5.26. The number of amides is 2. The molecule has 7 heteroatoms. The molecule has 1 saturated heterocycles. The number of nitrogens with zero attached hydrogens (tertiary/aromatic N) is 2. The van der Waals surface area contributed by atoms with Crippen LogP contribution in [0.25, 0.3) is 0 Å². The molecule has 6 nitrogen and oxygen atoms in total. The zero-order chi connectivity index (χ0) is 19.8. The summed E-state index contributed by atoms with van der Waals surface area (Å²) in [4.78, 5) is 25.4. The zero-order valence-corrected chi connectivity index (χ0v) is 17.5.